The van der Waals surface area contributed by atoms with Crippen LogP contribution in [0.2, 0.25) is 0 Å². The number of amides is 2. The molecule has 1 aliphatic heterocycles. The molecule has 0 bridgehead atoms. The van der Waals surface area contributed by atoms with Gasteiger partial charge >= 0.3 is 5.97 Å². The summed E-state index contributed by atoms with van der Waals surface area (Å²) in [5.41, 5.74) is 1.87. The molecule has 1 saturated heterocycles. The first-order valence-corrected chi connectivity index (χ1v) is 10.2. The number of carbonyl (C=O) groups excluding carboxylic acids is 3. The van der Waals surface area contributed by atoms with E-state index in [1.54, 1.807) is 4.68 Å². The van der Waals surface area contributed by atoms with Crippen LogP contribution in [0.4, 0.5) is 0 Å². The average Bonchev–Trinajstić information content (AvgIpc) is 3.10. The Morgan fingerprint density at radius 1 is 1.21 bits per heavy atom. The first kappa shape index (κ1) is 21.3. The molecule has 0 spiro atoms. The van der Waals surface area contributed by atoms with Crippen molar-refractivity contribution >= 4 is 44.6 Å². The van der Waals surface area contributed by atoms with Crippen LogP contribution in [-0.4, -0.2) is 60.9 Å². The Labute approximate surface area is 176 Å². The molecule has 9 nitrogen and oxygen atoms in total. The molecular formula is C19H24BrN5O4. The summed E-state index contributed by atoms with van der Waals surface area (Å²) in [6.45, 7) is 1.44. The van der Waals surface area contributed by atoms with Crippen LogP contribution in [0.15, 0.2) is 22.7 Å². The third kappa shape index (κ3) is 5.33. The molecule has 0 saturated carbocycles. The highest BCUT2D eigenvalue weighted by atomic mass is 79.9. The van der Waals surface area contributed by atoms with Gasteiger partial charge in [-0.3, -0.25) is 19.1 Å². The summed E-state index contributed by atoms with van der Waals surface area (Å²) < 4.78 is 7.08. The molecule has 10 heteroatoms. The fourth-order valence-electron chi connectivity index (χ4n) is 3.39. The number of aromatic nitrogens is 2. The summed E-state index contributed by atoms with van der Waals surface area (Å²) in [6, 6.07) is 5.83. The quantitative estimate of drug-likeness (QED) is 0.517. The van der Waals surface area contributed by atoms with E-state index in [-0.39, 0.29) is 25.5 Å². The van der Waals surface area contributed by atoms with E-state index in [2.05, 4.69) is 36.6 Å². The van der Waals surface area contributed by atoms with Gasteiger partial charge in [0.1, 0.15) is 13.1 Å². The van der Waals surface area contributed by atoms with Crippen LogP contribution in [0.3, 0.4) is 0 Å². The van der Waals surface area contributed by atoms with Crippen LogP contribution in [0, 0.1) is 0 Å². The van der Waals surface area contributed by atoms with E-state index in [4.69, 9.17) is 5.10 Å². The largest absolute Gasteiger partial charge is 0.468 e. The number of benzene rings is 1. The van der Waals surface area contributed by atoms with Crippen LogP contribution in [0.5, 0.6) is 0 Å². The second-order valence-electron chi connectivity index (χ2n) is 6.83. The van der Waals surface area contributed by atoms with Gasteiger partial charge in [0.05, 0.1) is 24.9 Å². The van der Waals surface area contributed by atoms with Crippen LogP contribution in [0.1, 0.15) is 24.5 Å². The van der Waals surface area contributed by atoms with Crippen molar-refractivity contribution in [3.8, 4) is 0 Å². The molecule has 0 unspecified atom stereocenters. The molecule has 0 aliphatic carbocycles. The Morgan fingerprint density at radius 2 is 1.93 bits per heavy atom. The summed E-state index contributed by atoms with van der Waals surface area (Å²) in [7, 11) is 1.24. The Balaban J connectivity index is 1.68. The van der Waals surface area contributed by atoms with Crippen molar-refractivity contribution in [3.05, 3.63) is 28.4 Å². The highest BCUT2D eigenvalue weighted by molar-refractivity contribution is 9.10. The zero-order valence-electron chi connectivity index (χ0n) is 16.2. The highest BCUT2D eigenvalue weighted by Crippen LogP contribution is 2.34. The molecule has 156 valence electrons. The molecule has 3 rings (SSSR count). The minimum absolute atomic E-state index is 0.00219. The van der Waals surface area contributed by atoms with Gasteiger partial charge in [-0.2, -0.15) is 5.10 Å². The maximum Gasteiger partial charge on any atom is 0.325 e. The van der Waals surface area contributed by atoms with Gasteiger partial charge in [-0.1, -0.05) is 22.0 Å². The minimum Gasteiger partial charge on any atom is -0.468 e. The summed E-state index contributed by atoms with van der Waals surface area (Å²) in [5, 5.41) is 14.1. The zero-order chi connectivity index (χ0) is 20.8. The van der Waals surface area contributed by atoms with Crippen molar-refractivity contribution in [2.75, 3.05) is 33.3 Å². The third-order valence-corrected chi connectivity index (χ3v) is 5.54. The molecule has 1 aliphatic rings. The lowest BCUT2D eigenvalue weighted by molar-refractivity contribution is -0.141. The Morgan fingerprint density at radius 3 is 2.66 bits per heavy atom. The Hall–Kier alpha value is -2.46. The number of methoxy groups -OCH3 is 1. The smallest absolute Gasteiger partial charge is 0.325 e. The van der Waals surface area contributed by atoms with Crippen LogP contribution >= 0.6 is 15.9 Å². The van der Waals surface area contributed by atoms with Gasteiger partial charge in [-0.15, -0.1) is 0 Å². The van der Waals surface area contributed by atoms with E-state index in [1.807, 2.05) is 18.2 Å². The molecule has 2 amide bonds. The van der Waals surface area contributed by atoms with Gasteiger partial charge in [0.25, 0.3) is 0 Å². The number of hydrogen-bond acceptors (Lipinski definition) is 6. The number of nitrogens with one attached hydrogen (secondary N) is 3. The highest BCUT2D eigenvalue weighted by Gasteiger charge is 2.24. The van der Waals surface area contributed by atoms with Crippen molar-refractivity contribution in [1.82, 2.24) is 25.7 Å². The number of halogens is 1. The van der Waals surface area contributed by atoms with Crippen LogP contribution in [0.25, 0.3) is 10.9 Å². The molecule has 0 atom stereocenters. The maximum absolute atomic E-state index is 12.4. The van der Waals surface area contributed by atoms with Crippen molar-refractivity contribution in [1.29, 1.82) is 0 Å². The second-order valence-corrected chi connectivity index (χ2v) is 7.69. The fraction of sp³-hybridized carbons (Fsp3) is 0.474. The predicted molar refractivity (Wildman–Crippen MR) is 110 cm³/mol. The molecule has 1 aromatic heterocycles. The van der Waals surface area contributed by atoms with Gasteiger partial charge in [-0.25, -0.2) is 0 Å². The van der Waals surface area contributed by atoms with Crippen molar-refractivity contribution in [2.45, 2.75) is 25.3 Å². The lowest BCUT2D eigenvalue weighted by Crippen LogP contribution is -2.40. The number of hydrogen-bond donors (Lipinski definition) is 3. The zero-order valence-corrected chi connectivity index (χ0v) is 17.8. The minimum atomic E-state index is -0.552. The van der Waals surface area contributed by atoms with E-state index in [0.717, 1.165) is 47.0 Å². The SMILES string of the molecule is COC(=O)CNC(=O)CNC(=O)Cn1nc(C2CCNCC2)c2c(Br)cccc21. The summed E-state index contributed by atoms with van der Waals surface area (Å²) in [4.78, 5) is 35.1. The fourth-order valence-corrected chi connectivity index (χ4v) is 3.95. The summed E-state index contributed by atoms with van der Waals surface area (Å²) in [6.07, 6.45) is 2.00. The van der Waals surface area contributed by atoms with Crippen LogP contribution < -0.4 is 16.0 Å². The van der Waals surface area contributed by atoms with Gasteiger partial charge in [0, 0.05) is 15.8 Å². The second kappa shape index (κ2) is 9.84. The number of fused-ring (bicyclic) bond motifs is 1. The van der Waals surface area contributed by atoms with E-state index in [0.29, 0.717) is 5.92 Å². The first-order valence-electron chi connectivity index (χ1n) is 9.45. The van der Waals surface area contributed by atoms with Gasteiger partial charge in [0.2, 0.25) is 11.8 Å². The predicted octanol–water partition coefficient (Wildman–Crippen LogP) is 0.671. The number of nitrogens with zero attached hydrogens (tertiary/aromatic N) is 2. The topological polar surface area (TPSA) is 114 Å². The number of piperidine rings is 1. The lowest BCUT2D eigenvalue weighted by Gasteiger charge is -2.21. The van der Waals surface area contributed by atoms with Gasteiger partial charge < -0.3 is 20.7 Å². The van der Waals surface area contributed by atoms with Gasteiger partial charge in [0.15, 0.2) is 0 Å². The molecule has 3 N–H and O–H groups in total. The molecule has 29 heavy (non-hydrogen) atoms. The van der Waals surface area contributed by atoms with Crippen LogP contribution in [-0.2, 0) is 25.7 Å². The molecule has 2 heterocycles. The Kier molecular flexibility index (Phi) is 7.21. The van der Waals surface area contributed by atoms with E-state index in [1.165, 1.54) is 7.11 Å². The van der Waals surface area contributed by atoms with Crippen molar-refractivity contribution < 1.29 is 19.1 Å². The first-order chi connectivity index (χ1) is 14.0. The van der Waals surface area contributed by atoms with Gasteiger partial charge in [-0.05, 0) is 38.1 Å². The standard InChI is InChI=1S/C19H24BrN5O4/c1-29-17(28)10-23-15(26)9-22-16(27)11-25-14-4-2-3-13(20)18(14)19(24-25)12-5-7-21-8-6-12/h2-4,12,21H,5-11H2,1H3,(H,22,27)(H,23,26). The number of ether oxygens (including phenoxy) is 1. The molecule has 1 fully saturated rings. The number of esters is 1. The molecular weight excluding hydrogens is 442 g/mol. The Bertz CT molecular complexity index is 907. The monoisotopic (exact) mass is 465 g/mol. The third-order valence-electron chi connectivity index (χ3n) is 4.88. The maximum atomic E-state index is 12.4. The van der Waals surface area contributed by atoms with E-state index in [9.17, 15) is 14.4 Å². The molecule has 0 radical (unpaired) electrons. The van der Waals surface area contributed by atoms with Crippen molar-refractivity contribution in [2.24, 2.45) is 0 Å². The lowest BCUT2D eigenvalue weighted by atomic mass is 9.93. The average molecular weight is 466 g/mol. The summed E-state index contributed by atoms with van der Waals surface area (Å²) in [5.74, 6) is -1.01. The number of carbonyl (C=O) groups is 3. The van der Waals surface area contributed by atoms with E-state index >= 15 is 0 Å². The van der Waals surface area contributed by atoms with Crippen molar-refractivity contribution in [3.63, 3.8) is 0 Å². The van der Waals surface area contributed by atoms with E-state index < -0.39 is 11.9 Å². The summed E-state index contributed by atoms with van der Waals surface area (Å²) >= 11 is 3.62. The molecule has 1 aromatic carbocycles. The molecule has 2 aromatic rings. The normalized spacial score (nSPS) is 14.6. The number of rotatable bonds is 7.